The first kappa shape index (κ1) is 14.0. The number of rotatable bonds is 4. The lowest BCUT2D eigenvalue weighted by Crippen LogP contribution is -2.32. The number of anilines is 1. The summed E-state index contributed by atoms with van der Waals surface area (Å²) >= 11 is 0. The van der Waals surface area contributed by atoms with Crippen LogP contribution in [0.2, 0.25) is 0 Å². The fourth-order valence-corrected chi connectivity index (χ4v) is 2.76. The zero-order valence-corrected chi connectivity index (χ0v) is 12.3. The van der Waals surface area contributed by atoms with Crippen LogP contribution in [0.5, 0.6) is 0 Å². The Bertz CT molecular complexity index is 627. The number of halogens is 1. The third kappa shape index (κ3) is 2.90. The second-order valence-corrected chi connectivity index (χ2v) is 5.33. The summed E-state index contributed by atoms with van der Waals surface area (Å²) in [5.74, 6) is 0.276. The van der Waals surface area contributed by atoms with E-state index in [9.17, 15) is 4.39 Å². The minimum atomic E-state index is -0.196. The first-order valence-electron chi connectivity index (χ1n) is 7.45. The van der Waals surface area contributed by atoms with Crippen LogP contribution in [0.15, 0.2) is 36.5 Å². The van der Waals surface area contributed by atoms with E-state index < -0.39 is 0 Å². The fourth-order valence-electron chi connectivity index (χ4n) is 2.76. The number of hydrogen-bond donors (Lipinski definition) is 1. The van der Waals surface area contributed by atoms with Gasteiger partial charge in [-0.15, -0.1) is 0 Å². The van der Waals surface area contributed by atoms with Crippen molar-refractivity contribution < 1.29 is 4.39 Å². The molecule has 3 nitrogen and oxygen atoms in total. The van der Waals surface area contributed by atoms with Crippen molar-refractivity contribution in [2.45, 2.75) is 26.4 Å². The normalized spacial score (nSPS) is 14.1. The Labute approximate surface area is 124 Å². The summed E-state index contributed by atoms with van der Waals surface area (Å²) in [6.45, 7) is 4.92. The number of aromatic nitrogens is 1. The molecule has 0 amide bonds. The molecule has 0 saturated carbocycles. The Morgan fingerprint density at radius 3 is 2.86 bits per heavy atom. The second kappa shape index (κ2) is 6.22. The average molecular weight is 285 g/mol. The molecule has 0 spiro atoms. The largest absolute Gasteiger partial charge is 0.350 e. The molecule has 0 saturated heterocycles. The fraction of sp³-hybridized carbons (Fsp3) is 0.353. The van der Waals surface area contributed by atoms with Crippen LogP contribution in [0.1, 0.15) is 23.6 Å². The summed E-state index contributed by atoms with van der Waals surface area (Å²) in [5, 5.41) is 3.16. The third-order valence-electron chi connectivity index (χ3n) is 3.95. The van der Waals surface area contributed by atoms with Gasteiger partial charge in [-0.25, -0.2) is 9.37 Å². The molecule has 0 aliphatic carbocycles. The summed E-state index contributed by atoms with van der Waals surface area (Å²) in [5.41, 5.74) is 3.31. The Kier molecular flexibility index (Phi) is 4.15. The van der Waals surface area contributed by atoms with Gasteiger partial charge in [0, 0.05) is 31.4 Å². The molecule has 2 aromatic rings. The molecule has 1 aromatic carbocycles. The number of hydrogen-bond acceptors (Lipinski definition) is 3. The van der Waals surface area contributed by atoms with Crippen LogP contribution in [0.25, 0.3) is 0 Å². The van der Waals surface area contributed by atoms with Crippen molar-refractivity contribution in [3.63, 3.8) is 0 Å². The lowest BCUT2D eigenvalue weighted by Gasteiger charge is -2.30. The molecule has 0 radical (unpaired) electrons. The van der Waals surface area contributed by atoms with Crippen molar-refractivity contribution in [1.82, 2.24) is 10.3 Å². The van der Waals surface area contributed by atoms with Crippen LogP contribution in [-0.2, 0) is 19.5 Å². The number of nitrogens with zero attached hydrogens (tertiary/aromatic N) is 2. The van der Waals surface area contributed by atoms with Gasteiger partial charge in [0.25, 0.3) is 0 Å². The topological polar surface area (TPSA) is 28.2 Å². The van der Waals surface area contributed by atoms with Crippen LogP contribution >= 0.6 is 0 Å². The molecule has 1 N–H and O–H groups in total. The van der Waals surface area contributed by atoms with Crippen molar-refractivity contribution in [1.29, 1.82) is 0 Å². The van der Waals surface area contributed by atoms with E-state index in [1.807, 2.05) is 17.9 Å². The maximum absolute atomic E-state index is 14.6. The quantitative estimate of drug-likeness (QED) is 0.936. The molecule has 1 aromatic heterocycles. The van der Waals surface area contributed by atoms with Crippen LogP contribution in [0, 0.1) is 5.82 Å². The monoisotopic (exact) mass is 285 g/mol. The molecular formula is C17H20FN3. The molecule has 2 heterocycles. The van der Waals surface area contributed by atoms with Gasteiger partial charge in [-0.3, -0.25) is 0 Å². The first-order chi connectivity index (χ1) is 10.3. The van der Waals surface area contributed by atoms with E-state index in [0.717, 1.165) is 26.1 Å². The van der Waals surface area contributed by atoms with Gasteiger partial charge in [0.2, 0.25) is 0 Å². The second-order valence-electron chi connectivity index (χ2n) is 5.33. The highest BCUT2D eigenvalue weighted by atomic mass is 19.1. The SMILES string of the molecule is CCNCc1ccnc(N2CCc3ccccc3C2)c1F. The van der Waals surface area contributed by atoms with Crippen LogP contribution in [-0.4, -0.2) is 18.1 Å². The van der Waals surface area contributed by atoms with Gasteiger partial charge in [0.05, 0.1) is 0 Å². The minimum Gasteiger partial charge on any atom is -0.350 e. The van der Waals surface area contributed by atoms with Crippen molar-refractivity contribution in [3.05, 3.63) is 59.0 Å². The Hall–Kier alpha value is -1.94. The Morgan fingerprint density at radius 2 is 2.05 bits per heavy atom. The molecule has 110 valence electrons. The summed E-state index contributed by atoms with van der Waals surface area (Å²) in [4.78, 5) is 6.30. The van der Waals surface area contributed by atoms with Crippen LogP contribution in [0.3, 0.4) is 0 Å². The summed E-state index contributed by atoms with van der Waals surface area (Å²) in [6.07, 6.45) is 2.64. The van der Waals surface area contributed by atoms with Gasteiger partial charge >= 0.3 is 0 Å². The molecule has 21 heavy (non-hydrogen) atoms. The highest BCUT2D eigenvalue weighted by Crippen LogP contribution is 2.26. The summed E-state index contributed by atoms with van der Waals surface area (Å²) in [7, 11) is 0. The average Bonchev–Trinajstić information content (AvgIpc) is 2.53. The molecule has 4 heteroatoms. The molecule has 0 bridgehead atoms. The highest BCUT2D eigenvalue weighted by Gasteiger charge is 2.21. The molecule has 1 aliphatic heterocycles. The van der Waals surface area contributed by atoms with Crippen molar-refractivity contribution in [2.75, 3.05) is 18.0 Å². The van der Waals surface area contributed by atoms with Gasteiger partial charge < -0.3 is 10.2 Å². The highest BCUT2D eigenvalue weighted by molar-refractivity contribution is 5.47. The third-order valence-corrected chi connectivity index (χ3v) is 3.95. The molecule has 0 atom stereocenters. The smallest absolute Gasteiger partial charge is 0.170 e. The number of nitrogens with one attached hydrogen (secondary N) is 1. The van der Waals surface area contributed by atoms with E-state index in [0.29, 0.717) is 17.9 Å². The number of benzene rings is 1. The van der Waals surface area contributed by atoms with Gasteiger partial charge in [0.15, 0.2) is 11.6 Å². The summed E-state index contributed by atoms with van der Waals surface area (Å²) in [6, 6.07) is 10.1. The lowest BCUT2D eigenvalue weighted by molar-refractivity contribution is 0.574. The Morgan fingerprint density at radius 1 is 1.24 bits per heavy atom. The van der Waals surface area contributed by atoms with Gasteiger partial charge in [-0.1, -0.05) is 31.2 Å². The van der Waals surface area contributed by atoms with Crippen LogP contribution in [0.4, 0.5) is 10.2 Å². The van der Waals surface area contributed by atoms with E-state index >= 15 is 0 Å². The van der Waals surface area contributed by atoms with E-state index in [4.69, 9.17) is 0 Å². The zero-order valence-electron chi connectivity index (χ0n) is 12.3. The maximum atomic E-state index is 14.6. The van der Waals surface area contributed by atoms with Gasteiger partial charge in [-0.2, -0.15) is 0 Å². The molecule has 1 aliphatic rings. The van der Waals surface area contributed by atoms with Crippen molar-refractivity contribution in [3.8, 4) is 0 Å². The first-order valence-corrected chi connectivity index (χ1v) is 7.45. The number of fused-ring (bicyclic) bond motifs is 1. The minimum absolute atomic E-state index is 0.196. The predicted molar refractivity (Wildman–Crippen MR) is 82.8 cm³/mol. The molecule has 0 unspecified atom stereocenters. The predicted octanol–water partition coefficient (Wildman–Crippen LogP) is 2.89. The maximum Gasteiger partial charge on any atom is 0.170 e. The molecular weight excluding hydrogens is 265 g/mol. The van der Waals surface area contributed by atoms with Crippen molar-refractivity contribution >= 4 is 5.82 Å². The van der Waals surface area contributed by atoms with E-state index in [-0.39, 0.29) is 5.82 Å². The van der Waals surface area contributed by atoms with E-state index in [1.54, 1.807) is 12.3 Å². The lowest BCUT2D eigenvalue weighted by atomic mass is 10.00. The Balaban J connectivity index is 1.85. The standard InChI is InChI=1S/C17H20FN3/c1-2-19-11-14-7-9-20-17(16(14)18)21-10-8-13-5-3-4-6-15(13)12-21/h3-7,9,19H,2,8,10-12H2,1H3. The molecule has 3 rings (SSSR count). The van der Waals surface area contributed by atoms with Gasteiger partial charge in [0.1, 0.15) is 0 Å². The number of pyridine rings is 1. The van der Waals surface area contributed by atoms with Crippen LogP contribution < -0.4 is 10.2 Å². The summed E-state index contributed by atoms with van der Waals surface area (Å²) < 4.78 is 14.6. The zero-order chi connectivity index (χ0) is 14.7. The van der Waals surface area contributed by atoms with E-state index in [1.165, 1.54) is 11.1 Å². The molecule has 0 fully saturated rings. The van der Waals surface area contributed by atoms with E-state index in [2.05, 4.69) is 28.5 Å². The van der Waals surface area contributed by atoms with Crippen molar-refractivity contribution in [2.24, 2.45) is 0 Å². The van der Waals surface area contributed by atoms with Gasteiger partial charge in [-0.05, 0) is 30.2 Å².